The van der Waals surface area contributed by atoms with Crippen LogP contribution in [0.5, 0.6) is 0 Å². The summed E-state index contributed by atoms with van der Waals surface area (Å²) in [5.41, 5.74) is 3.54. The number of rotatable bonds is 8. The number of carbonyl (C=O) groups excluding carboxylic acids is 2. The number of hydrogen-bond acceptors (Lipinski definition) is 4. The zero-order valence-electron chi connectivity index (χ0n) is 16.7. The number of Topliss-reactive ketones (excluding diaryl/α,β-unsaturated/α-hetero) is 1. The lowest BCUT2D eigenvalue weighted by molar-refractivity contribution is -0.116. The van der Waals surface area contributed by atoms with E-state index in [9.17, 15) is 18.0 Å². The number of hydrogen-bond donors (Lipinski definition) is 1. The maximum Gasteiger partial charge on any atom is 0.232 e. The van der Waals surface area contributed by atoms with E-state index in [0.717, 1.165) is 11.1 Å². The molecule has 0 atom stereocenters. The SMILES string of the molecule is CC(=O)c1cccc(NC(=O)CCCN(c2cc(C)ccc2C)S(C)(=O)=O)c1. The lowest BCUT2D eigenvalue weighted by atomic mass is 10.1. The quantitative estimate of drug-likeness (QED) is 0.683. The number of anilines is 2. The zero-order chi connectivity index (χ0) is 20.9. The van der Waals surface area contributed by atoms with Gasteiger partial charge in [-0.15, -0.1) is 0 Å². The Balaban J connectivity index is 2.02. The highest BCUT2D eigenvalue weighted by atomic mass is 32.2. The van der Waals surface area contributed by atoms with Crippen LogP contribution in [0.4, 0.5) is 11.4 Å². The van der Waals surface area contributed by atoms with Crippen LogP contribution in [0.2, 0.25) is 0 Å². The normalized spacial score (nSPS) is 11.1. The van der Waals surface area contributed by atoms with Gasteiger partial charge in [0.15, 0.2) is 5.78 Å². The number of ketones is 1. The molecule has 0 saturated heterocycles. The van der Waals surface area contributed by atoms with E-state index in [0.29, 0.717) is 23.4 Å². The molecule has 7 heteroatoms. The topological polar surface area (TPSA) is 83.6 Å². The smallest absolute Gasteiger partial charge is 0.232 e. The van der Waals surface area contributed by atoms with Crippen molar-refractivity contribution >= 4 is 33.1 Å². The van der Waals surface area contributed by atoms with Gasteiger partial charge in [-0.05, 0) is 56.5 Å². The minimum absolute atomic E-state index is 0.0755. The fourth-order valence-corrected chi connectivity index (χ4v) is 3.89. The van der Waals surface area contributed by atoms with Crippen LogP contribution >= 0.6 is 0 Å². The van der Waals surface area contributed by atoms with Gasteiger partial charge in [0.2, 0.25) is 15.9 Å². The lowest BCUT2D eigenvalue weighted by Gasteiger charge is -2.24. The molecular formula is C21H26N2O4S. The number of carbonyl (C=O) groups is 2. The molecule has 1 N–H and O–H groups in total. The predicted molar refractivity (Wildman–Crippen MR) is 112 cm³/mol. The Morgan fingerprint density at radius 1 is 1.07 bits per heavy atom. The molecule has 0 fully saturated rings. The molecule has 0 aliphatic carbocycles. The van der Waals surface area contributed by atoms with Gasteiger partial charge in [-0.2, -0.15) is 0 Å². The third kappa shape index (κ3) is 5.92. The fourth-order valence-electron chi connectivity index (χ4n) is 2.88. The number of benzene rings is 2. The van der Waals surface area contributed by atoms with Crippen molar-refractivity contribution in [2.24, 2.45) is 0 Å². The Morgan fingerprint density at radius 2 is 1.79 bits per heavy atom. The number of sulfonamides is 1. The van der Waals surface area contributed by atoms with Gasteiger partial charge in [0.1, 0.15) is 0 Å². The second-order valence-corrected chi connectivity index (χ2v) is 8.82. The van der Waals surface area contributed by atoms with Gasteiger partial charge in [-0.1, -0.05) is 24.3 Å². The molecule has 0 radical (unpaired) electrons. The molecule has 2 rings (SSSR count). The number of nitrogens with zero attached hydrogens (tertiary/aromatic N) is 1. The largest absolute Gasteiger partial charge is 0.326 e. The first kappa shape index (κ1) is 21.6. The van der Waals surface area contributed by atoms with Gasteiger partial charge in [0.05, 0.1) is 11.9 Å². The van der Waals surface area contributed by atoms with Gasteiger partial charge < -0.3 is 5.32 Å². The summed E-state index contributed by atoms with van der Waals surface area (Å²) >= 11 is 0. The van der Waals surface area contributed by atoms with Crippen LogP contribution in [-0.4, -0.2) is 32.9 Å². The van der Waals surface area contributed by atoms with Crippen molar-refractivity contribution in [3.05, 3.63) is 59.2 Å². The van der Waals surface area contributed by atoms with Crippen LogP contribution in [0.25, 0.3) is 0 Å². The summed E-state index contributed by atoms with van der Waals surface area (Å²) in [5.74, 6) is -0.302. The van der Waals surface area contributed by atoms with Gasteiger partial charge >= 0.3 is 0 Å². The zero-order valence-corrected chi connectivity index (χ0v) is 17.5. The molecule has 0 spiro atoms. The van der Waals surface area contributed by atoms with Crippen molar-refractivity contribution in [3.63, 3.8) is 0 Å². The molecule has 28 heavy (non-hydrogen) atoms. The third-order valence-corrected chi connectivity index (χ3v) is 5.53. The Labute approximate surface area is 166 Å². The average molecular weight is 403 g/mol. The summed E-state index contributed by atoms with van der Waals surface area (Å²) in [6.07, 6.45) is 1.71. The van der Waals surface area contributed by atoms with Crippen LogP contribution in [0.3, 0.4) is 0 Å². The first-order valence-corrected chi connectivity index (χ1v) is 10.9. The van der Waals surface area contributed by atoms with Crippen LogP contribution in [-0.2, 0) is 14.8 Å². The molecule has 6 nitrogen and oxygen atoms in total. The van der Waals surface area contributed by atoms with Crippen molar-refractivity contribution < 1.29 is 18.0 Å². The van der Waals surface area contributed by atoms with Crippen LogP contribution in [0.15, 0.2) is 42.5 Å². The van der Waals surface area contributed by atoms with E-state index in [1.165, 1.54) is 17.5 Å². The van der Waals surface area contributed by atoms with Gasteiger partial charge in [-0.25, -0.2) is 8.42 Å². The van der Waals surface area contributed by atoms with E-state index < -0.39 is 10.0 Å². The molecule has 0 heterocycles. The molecular weight excluding hydrogens is 376 g/mol. The Bertz CT molecular complexity index is 984. The molecule has 2 aromatic rings. The van der Waals surface area contributed by atoms with Crippen molar-refractivity contribution in [1.82, 2.24) is 0 Å². The summed E-state index contributed by atoms with van der Waals surface area (Å²) in [6.45, 7) is 5.45. The molecule has 0 aliphatic heterocycles. The predicted octanol–water partition coefficient (Wildman–Crippen LogP) is 3.69. The first-order chi connectivity index (χ1) is 13.1. The number of aryl methyl sites for hydroxylation is 2. The number of amides is 1. The summed E-state index contributed by atoms with van der Waals surface area (Å²) in [4.78, 5) is 23.7. The highest BCUT2D eigenvalue weighted by Crippen LogP contribution is 2.24. The van der Waals surface area contributed by atoms with Crippen molar-refractivity contribution in [1.29, 1.82) is 0 Å². The fraction of sp³-hybridized carbons (Fsp3) is 0.333. The minimum atomic E-state index is -3.47. The van der Waals surface area contributed by atoms with E-state index in [-0.39, 0.29) is 24.7 Å². The maximum atomic E-state index is 12.3. The van der Waals surface area contributed by atoms with E-state index in [1.807, 2.05) is 32.0 Å². The van der Waals surface area contributed by atoms with Crippen molar-refractivity contribution in [2.75, 3.05) is 22.4 Å². The van der Waals surface area contributed by atoms with Gasteiger partial charge in [0.25, 0.3) is 0 Å². The summed E-state index contributed by atoms with van der Waals surface area (Å²) < 4.78 is 25.9. The summed E-state index contributed by atoms with van der Waals surface area (Å²) in [7, 11) is -3.47. The van der Waals surface area contributed by atoms with Crippen molar-refractivity contribution in [3.8, 4) is 0 Å². The third-order valence-electron chi connectivity index (χ3n) is 4.35. The molecule has 0 unspecified atom stereocenters. The molecule has 0 aliphatic rings. The Morgan fingerprint density at radius 3 is 2.43 bits per heavy atom. The van der Waals surface area contributed by atoms with Crippen LogP contribution in [0.1, 0.15) is 41.3 Å². The lowest BCUT2D eigenvalue weighted by Crippen LogP contribution is -2.32. The molecule has 2 aromatic carbocycles. The molecule has 1 amide bonds. The molecule has 0 saturated carbocycles. The van der Waals surface area contributed by atoms with Crippen LogP contribution in [0, 0.1) is 13.8 Å². The van der Waals surface area contributed by atoms with Gasteiger partial charge in [-0.3, -0.25) is 13.9 Å². The van der Waals surface area contributed by atoms with E-state index in [1.54, 1.807) is 24.3 Å². The Hall–Kier alpha value is -2.67. The van der Waals surface area contributed by atoms with E-state index in [2.05, 4.69) is 5.32 Å². The van der Waals surface area contributed by atoms with E-state index in [4.69, 9.17) is 0 Å². The second kappa shape index (κ2) is 9.01. The highest BCUT2D eigenvalue weighted by Gasteiger charge is 2.19. The first-order valence-electron chi connectivity index (χ1n) is 9.04. The average Bonchev–Trinajstić information content (AvgIpc) is 2.60. The van der Waals surface area contributed by atoms with Gasteiger partial charge in [0, 0.05) is 24.2 Å². The highest BCUT2D eigenvalue weighted by molar-refractivity contribution is 7.92. The molecule has 0 bridgehead atoms. The van der Waals surface area contributed by atoms with Crippen molar-refractivity contribution in [2.45, 2.75) is 33.6 Å². The standard InChI is InChI=1S/C21H26N2O4S/c1-15-10-11-16(2)20(13-15)23(28(4,26)27)12-6-9-21(25)22-19-8-5-7-18(14-19)17(3)24/h5,7-8,10-11,13-14H,6,9,12H2,1-4H3,(H,22,25). The molecule has 150 valence electrons. The number of nitrogens with one attached hydrogen (secondary N) is 1. The minimum Gasteiger partial charge on any atom is -0.326 e. The molecule has 0 aromatic heterocycles. The monoisotopic (exact) mass is 402 g/mol. The summed E-state index contributed by atoms with van der Waals surface area (Å²) in [6, 6.07) is 12.4. The van der Waals surface area contributed by atoms with Crippen LogP contribution < -0.4 is 9.62 Å². The summed E-state index contributed by atoms with van der Waals surface area (Å²) in [5, 5.41) is 2.75. The maximum absolute atomic E-state index is 12.3. The second-order valence-electron chi connectivity index (χ2n) is 6.91. The Kier molecular flexibility index (Phi) is 6.96. The van der Waals surface area contributed by atoms with E-state index >= 15 is 0 Å².